The van der Waals surface area contributed by atoms with E-state index < -0.39 is 54.0 Å². The molecule has 0 aliphatic heterocycles. The molecular weight excluding hydrogens is 568 g/mol. The molecule has 0 amide bonds. The van der Waals surface area contributed by atoms with Crippen molar-refractivity contribution in [3.05, 3.63) is 65.0 Å². The Hall–Kier alpha value is -3.83. The van der Waals surface area contributed by atoms with Gasteiger partial charge in [-0.05, 0) is 65.4 Å². The molecule has 1 aromatic carbocycles. The van der Waals surface area contributed by atoms with Crippen molar-refractivity contribution in [2.45, 2.75) is 84.2 Å². The molecule has 3 aliphatic carbocycles. The molecule has 0 unspecified atom stereocenters. The van der Waals surface area contributed by atoms with Crippen molar-refractivity contribution >= 4 is 17.7 Å². The molecule has 1 aromatic heterocycles. The molecule has 2 fully saturated rings. The third-order valence-corrected chi connectivity index (χ3v) is 9.87. The highest BCUT2D eigenvalue weighted by Gasteiger charge is 2.61. The van der Waals surface area contributed by atoms with Crippen LogP contribution in [0.4, 0.5) is 0 Å². The minimum atomic E-state index is -1.95. The summed E-state index contributed by atoms with van der Waals surface area (Å²) in [6, 6.07) is 8.79. The number of esters is 2. The van der Waals surface area contributed by atoms with Crippen LogP contribution in [0.15, 0.2) is 58.8 Å². The Morgan fingerprint density at radius 3 is 2.59 bits per heavy atom. The number of hydrogen-bond donors (Lipinski definition) is 2. The maximum atomic E-state index is 13.7. The van der Waals surface area contributed by atoms with E-state index in [1.807, 2.05) is 6.08 Å². The fraction of sp³-hybridized carbons (Fsp3) is 0.545. The van der Waals surface area contributed by atoms with Gasteiger partial charge in [-0.2, -0.15) is 0 Å². The van der Waals surface area contributed by atoms with Crippen molar-refractivity contribution in [1.29, 1.82) is 0 Å². The van der Waals surface area contributed by atoms with Gasteiger partial charge in [0.1, 0.15) is 11.7 Å². The van der Waals surface area contributed by atoms with Gasteiger partial charge in [0, 0.05) is 10.7 Å². The summed E-state index contributed by atoms with van der Waals surface area (Å²) >= 11 is 0. The molecule has 0 bridgehead atoms. The van der Waals surface area contributed by atoms with Crippen LogP contribution in [0.25, 0.3) is 11.3 Å². The summed E-state index contributed by atoms with van der Waals surface area (Å²) in [5.41, 5.74) is -0.189. The largest absolute Gasteiger partial charge is 0.457 e. The van der Waals surface area contributed by atoms with Crippen molar-refractivity contribution in [2.24, 2.45) is 29.1 Å². The molecule has 236 valence electrons. The lowest BCUT2D eigenvalue weighted by Crippen LogP contribution is -2.52. The quantitative estimate of drug-likeness (QED) is 0.270. The van der Waals surface area contributed by atoms with Gasteiger partial charge in [-0.25, -0.2) is 0 Å². The van der Waals surface area contributed by atoms with Crippen LogP contribution < -0.4 is 4.90 Å². The van der Waals surface area contributed by atoms with Crippen LogP contribution in [-0.4, -0.2) is 50.9 Å². The number of allylic oxidation sites excluding steroid dienone is 1. The summed E-state index contributed by atoms with van der Waals surface area (Å²) < 4.78 is 15.8. The van der Waals surface area contributed by atoms with Gasteiger partial charge in [-0.1, -0.05) is 63.8 Å². The SMILES string of the molecule is C=C1CC[C@H]2[C@@H](/C=C(\C)C(=O)[C@@]3(O)C[C@H](C)[C@H](O)[C@@H]3[C@H]1OC(=O)CCC(=O)OCc1c(-c3ccccc3)no[n+]1[O-])C2(C)C. The van der Waals surface area contributed by atoms with E-state index in [0.29, 0.717) is 29.0 Å². The number of Topliss-reactive ketones (excluding diaryl/α,β-unsaturated/α-hetero) is 1. The number of carbonyl (C=O) groups excluding carboxylic acids is 3. The van der Waals surface area contributed by atoms with Gasteiger partial charge in [-0.15, -0.1) is 0 Å². The first-order chi connectivity index (χ1) is 20.8. The van der Waals surface area contributed by atoms with Gasteiger partial charge in [0.15, 0.2) is 12.4 Å². The topological polar surface area (TPSA) is 163 Å². The zero-order valence-corrected chi connectivity index (χ0v) is 25.5. The van der Waals surface area contributed by atoms with Crippen molar-refractivity contribution in [2.75, 3.05) is 0 Å². The Balaban J connectivity index is 1.27. The minimum Gasteiger partial charge on any atom is -0.457 e. The Kier molecular flexibility index (Phi) is 8.56. The minimum absolute atomic E-state index is 0.000403. The number of aliphatic hydroxyl groups excluding tert-OH is 1. The fourth-order valence-corrected chi connectivity index (χ4v) is 7.14. The van der Waals surface area contributed by atoms with E-state index in [0.717, 1.165) is 6.42 Å². The van der Waals surface area contributed by atoms with Crippen LogP contribution in [0, 0.1) is 34.3 Å². The number of aromatic nitrogens is 2. The third kappa shape index (κ3) is 5.82. The molecule has 44 heavy (non-hydrogen) atoms. The van der Waals surface area contributed by atoms with Crippen LogP contribution in [0.3, 0.4) is 0 Å². The lowest BCUT2D eigenvalue weighted by atomic mass is 9.77. The average Bonchev–Trinajstić information content (AvgIpc) is 3.19. The number of hydrogen-bond acceptors (Lipinski definition) is 10. The number of nitrogens with zero attached hydrogens (tertiary/aromatic N) is 2. The second-order valence-corrected chi connectivity index (χ2v) is 13.1. The smallest absolute Gasteiger partial charge is 0.306 e. The normalized spacial score (nSPS) is 32.5. The van der Waals surface area contributed by atoms with Crippen LogP contribution >= 0.6 is 0 Å². The number of aliphatic hydroxyl groups is 2. The van der Waals surface area contributed by atoms with E-state index in [9.17, 15) is 29.8 Å². The van der Waals surface area contributed by atoms with Crippen molar-refractivity contribution in [3.8, 4) is 11.3 Å². The molecule has 7 atom stereocenters. The zero-order chi connectivity index (χ0) is 32.0. The Morgan fingerprint density at radius 1 is 1.20 bits per heavy atom. The molecule has 3 aliphatic rings. The van der Waals surface area contributed by atoms with E-state index in [4.69, 9.17) is 9.47 Å². The summed E-state index contributed by atoms with van der Waals surface area (Å²) in [6.45, 7) is 11.5. The Labute approximate surface area is 256 Å². The van der Waals surface area contributed by atoms with Gasteiger partial charge in [-0.3, -0.25) is 19.0 Å². The van der Waals surface area contributed by atoms with E-state index in [1.54, 1.807) is 44.2 Å². The predicted octanol–water partition coefficient (Wildman–Crippen LogP) is 3.60. The Bertz CT molecular complexity index is 1480. The van der Waals surface area contributed by atoms with Gasteiger partial charge in [0.2, 0.25) is 5.69 Å². The number of ether oxygens (including phenoxy) is 2. The molecule has 2 aromatic rings. The molecule has 2 N–H and O–H groups in total. The molecule has 0 radical (unpaired) electrons. The van der Waals surface area contributed by atoms with Crippen LogP contribution in [-0.2, 0) is 30.5 Å². The highest BCUT2D eigenvalue weighted by atomic mass is 16.8. The number of carbonyl (C=O) groups is 3. The second-order valence-electron chi connectivity index (χ2n) is 13.1. The zero-order valence-electron chi connectivity index (χ0n) is 25.5. The van der Waals surface area contributed by atoms with Gasteiger partial charge in [0.25, 0.3) is 5.69 Å². The van der Waals surface area contributed by atoms with E-state index >= 15 is 0 Å². The summed E-state index contributed by atoms with van der Waals surface area (Å²) in [4.78, 5) is 39.5. The van der Waals surface area contributed by atoms with Crippen LogP contribution in [0.2, 0.25) is 0 Å². The molecular formula is C33H40N2O9. The van der Waals surface area contributed by atoms with E-state index in [2.05, 4.69) is 30.2 Å². The highest BCUT2D eigenvalue weighted by Crippen LogP contribution is 2.62. The highest BCUT2D eigenvalue weighted by molar-refractivity contribution is 6.02. The number of benzene rings is 1. The first-order valence-electron chi connectivity index (χ1n) is 15.1. The van der Waals surface area contributed by atoms with E-state index in [-0.39, 0.29) is 46.9 Å². The molecule has 0 saturated heterocycles. The number of fused-ring (bicyclic) bond motifs is 2. The van der Waals surface area contributed by atoms with Crippen LogP contribution in [0.5, 0.6) is 0 Å². The third-order valence-electron chi connectivity index (χ3n) is 9.87. The van der Waals surface area contributed by atoms with Gasteiger partial charge in [0.05, 0.1) is 24.9 Å². The second kappa shape index (κ2) is 11.9. The molecule has 5 rings (SSSR count). The molecule has 2 saturated carbocycles. The van der Waals surface area contributed by atoms with E-state index in [1.165, 1.54) is 0 Å². The average molecular weight is 609 g/mol. The predicted molar refractivity (Wildman–Crippen MR) is 156 cm³/mol. The molecule has 11 nitrogen and oxygen atoms in total. The molecule has 11 heteroatoms. The maximum absolute atomic E-state index is 13.7. The monoisotopic (exact) mass is 608 g/mol. The molecule has 0 spiro atoms. The van der Waals surface area contributed by atoms with Crippen molar-refractivity contribution in [3.63, 3.8) is 0 Å². The fourth-order valence-electron chi connectivity index (χ4n) is 7.14. The summed E-state index contributed by atoms with van der Waals surface area (Å²) in [5.74, 6) is -3.08. The van der Waals surface area contributed by atoms with Gasteiger partial charge < -0.3 is 24.9 Å². The summed E-state index contributed by atoms with van der Waals surface area (Å²) in [5, 5.41) is 38.9. The van der Waals surface area contributed by atoms with Crippen molar-refractivity contribution < 1.29 is 43.6 Å². The summed E-state index contributed by atoms with van der Waals surface area (Å²) in [6.07, 6.45) is 0.214. The first-order valence-corrected chi connectivity index (χ1v) is 15.1. The maximum Gasteiger partial charge on any atom is 0.306 e. The summed E-state index contributed by atoms with van der Waals surface area (Å²) in [7, 11) is 0. The van der Waals surface area contributed by atoms with Crippen molar-refractivity contribution in [1.82, 2.24) is 5.16 Å². The number of ketones is 1. The lowest BCUT2D eigenvalue weighted by Gasteiger charge is -2.36. The van der Waals surface area contributed by atoms with Gasteiger partial charge >= 0.3 is 11.9 Å². The molecule has 1 heterocycles. The first kappa shape index (κ1) is 31.6. The number of rotatable bonds is 7. The standard InChI is InChI=1S/C33H40N2O9/c1-18-11-12-22-23(32(22,4)5)15-19(2)31(39)33(40)16-20(3)29(38)27(33)30(18)43-26(37)14-13-25(36)42-17-24-28(34-44-35(24)41)21-9-7-6-8-10-21/h6-10,15,20,22-23,27,29-30,38,40H,1,11-14,16-17H2,2-5H3/b19-15+/t20-,22-,23+,27+,29-,30-,33+/m0/s1. The Morgan fingerprint density at radius 2 is 1.89 bits per heavy atom. The lowest BCUT2D eigenvalue weighted by molar-refractivity contribution is -0.808. The van der Waals surface area contributed by atoms with Crippen LogP contribution in [0.1, 0.15) is 65.5 Å².